The highest BCUT2D eigenvalue weighted by atomic mass is 15.3. The molecule has 0 amide bonds. The quantitative estimate of drug-likeness (QED) is 0.196. The molecule has 6 heteroatoms. The van der Waals surface area contributed by atoms with Crippen molar-refractivity contribution in [1.29, 1.82) is 0 Å². The summed E-state index contributed by atoms with van der Waals surface area (Å²) >= 11 is 0. The molecule has 6 nitrogen and oxygen atoms in total. The Morgan fingerprint density at radius 2 is 2.67 bits per heavy atom. The third kappa shape index (κ3) is 2.24. The zero-order valence-electron chi connectivity index (χ0n) is 6.83. The number of nitrogens with two attached hydrogens (primary N) is 1. The van der Waals surface area contributed by atoms with Gasteiger partial charge in [-0.05, 0) is 0 Å². The van der Waals surface area contributed by atoms with Crippen LogP contribution in [0.1, 0.15) is 5.82 Å². The SMILES string of the molecule is CN=C(NN)NCc1ncc[nH]1. The topological polar surface area (TPSA) is 91.1 Å². The van der Waals surface area contributed by atoms with Gasteiger partial charge in [-0.2, -0.15) is 0 Å². The fourth-order valence-electron chi connectivity index (χ4n) is 0.757. The number of H-pyrrole nitrogens is 1. The number of aromatic amines is 1. The van der Waals surface area contributed by atoms with Crippen LogP contribution < -0.4 is 16.6 Å². The summed E-state index contributed by atoms with van der Waals surface area (Å²) in [6.45, 7) is 0.573. The van der Waals surface area contributed by atoms with Crippen LogP contribution >= 0.6 is 0 Å². The molecule has 0 unspecified atom stereocenters. The van der Waals surface area contributed by atoms with Crippen molar-refractivity contribution in [3.63, 3.8) is 0 Å². The third-order valence-electron chi connectivity index (χ3n) is 1.34. The lowest BCUT2D eigenvalue weighted by Crippen LogP contribution is -2.41. The molecular weight excluding hydrogens is 156 g/mol. The van der Waals surface area contributed by atoms with E-state index in [9.17, 15) is 0 Å². The number of imidazole rings is 1. The molecule has 0 fully saturated rings. The van der Waals surface area contributed by atoms with Gasteiger partial charge in [0, 0.05) is 19.4 Å². The summed E-state index contributed by atoms with van der Waals surface area (Å²) < 4.78 is 0. The molecule has 0 radical (unpaired) electrons. The van der Waals surface area contributed by atoms with Gasteiger partial charge in [0.15, 0.2) is 0 Å². The highest BCUT2D eigenvalue weighted by Crippen LogP contribution is 1.85. The summed E-state index contributed by atoms with van der Waals surface area (Å²) in [5.41, 5.74) is 2.41. The summed E-state index contributed by atoms with van der Waals surface area (Å²) in [6, 6.07) is 0. The Bertz CT molecular complexity index is 239. The second kappa shape index (κ2) is 4.35. The van der Waals surface area contributed by atoms with Gasteiger partial charge in [-0.25, -0.2) is 10.8 Å². The van der Waals surface area contributed by atoms with Gasteiger partial charge in [0.1, 0.15) is 5.82 Å². The molecule has 0 saturated carbocycles. The van der Waals surface area contributed by atoms with Crippen LogP contribution in [0.5, 0.6) is 0 Å². The van der Waals surface area contributed by atoms with Crippen molar-refractivity contribution < 1.29 is 0 Å². The predicted molar refractivity (Wildman–Crippen MR) is 46.1 cm³/mol. The highest BCUT2D eigenvalue weighted by Gasteiger charge is 1.95. The number of aliphatic imine (C=N–C) groups is 1. The van der Waals surface area contributed by atoms with Crippen molar-refractivity contribution in [2.75, 3.05) is 7.05 Å². The minimum atomic E-state index is 0.534. The summed E-state index contributed by atoms with van der Waals surface area (Å²) in [6.07, 6.45) is 3.45. The summed E-state index contributed by atoms with van der Waals surface area (Å²) in [5, 5.41) is 2.94. The van der Waals surface area contributed by atoms with Gasteiger partial charge in [-0.1, -0.05) is 0 Å². The van der Waals surface area contributed by atoms with E-state index in [1.807, 2.05) is 0 Å². The number of hydrazine groups is 1. The first-order chi connectivity index (χ1) is 5.86. The second-order valence-corrected chi connectivity index (χ2v) is 2.11. The largest absolute Gasteiger partial charge is 0.348 e. The Kier molecular flexibility index (Phi) is 3.09. The maximum Gasteiger partial charge on any atom is 0.205 e. The summed E-state index contributed by atoms with van der Waals surface area (Å²) in [7, 11) is 1.64. The fourth-order valence-corrected chi connectivity index (χ4v) is 0.757. The lowest BCUT2D eigenvalue weighted by molar-refractivity contribution is 0.801. The van der Waals surface area contributed by atoms with Crippen LogP contribution in [-0.2, 0) is 6.54 Å². The van der Waals surface area contributed by atoms with Crippen molar-refractivity contribution >= 4 is 5.96 Å². The molecule has 0 aliphatic rings. The van der Waals surface area contributed by atoms with E-state index in [1.54, 1.807) is 19.4 Å². The third-order valence-corrected chi connectivity index (χ3v) is 1.34. The number of rotatable bonds is 2. The Hall–Kier alpha value is -1.56. The molecule has 1 aromatic heterocycles. The van der Waals surface area contributed by atoms with Crippen LogP contribution in [0.15, 0.2) is 17.4 Å². The van der Waals surface area contributed by atoms with Gasteiger partial charge in [-0.15, -0.1) is 0 Å². The smallest absolute Gasteiger partial charge is 0.205 e. The monoisotopic (exact) mass is 168 g/mol. The van der Waals surface area contributed by atoms with Crippen LogP contribution in [0.3, 0.4) is 0 Å². The molecule has 5 N–H and O–H groups in total. The van der Waals surface area contributed by atoms with Crippen LogP contribution in [0, 0.1) is 0 Å². The highest BCUT2D eigenvalue weighted by molar-refractivity contribution is 5.78. The van der Waals surface area contributed by atoms with Gasteiger partial charge >= 0.3 is 0 Å². The molecule has 12 heavy (non-hydrogen) atoms. The van der Waals surface area contributed by atoms with Crippen molar-refractivity contribution in [2.45, 2.75) is 6.54 Å². The van der Waals surface area contributed by atoms with Crippen molar-refractivity contribution in [1.82, 2.24) is 20.7 Å². The molecule has 66 valence electrons. The Balaban J connectivity index is 2.35. The van der Waals surface area contributed by atoms with Crippen molar-refractivity contribution in [3.05, 3.63) is 18.2 Å². The fraction of sp³-hybridized carbons (Fsp3) is 0.333. The van der Waals surface area contributed by atoms with E-state index in [0.717, 1.165) is 5.82 Å². The minimum Gasteiger partial charge on any atom is -0.348 e. The number of nitrogens with zero attached hydrogens (tertiary/aromatic N) is 2. The van der Waals surface area contributed by atoms with Crippen LogP contribution in [-0.4, -0.2) is 23.0 Å². The molecule has 1 rings (SSSR count). The average molecular weight is 168 g/mol. The van der Waals surface area contributed by atoms with Crippen LogP contribution in [0.2, 0.25) is 0 Å². The van der Waals surface area contributed by atoms with E-state index >= 15 is 0 Å². The molecule has 0 aliphatic heterocycles. The van der Waals surface area contributed by atoms with E-state index in [-0.39, 0.29) is 0 Å². The van der Waals surface area contributed by atoms with Crippen LogP contribution in [0.25, 0.3) is 0 Å². The predicted octanol–water partition coefficient (Wildman–Crippen LogP) is -1.05. The number of nitrogens with one attached hydrogen (secondary N) is 3. The maximum atomic E-state index is 5.15. The molecule has 0 bridgehead atoms. The standard InChI is InChI=1S/C6H12N6/c1-8-6(12-7)11-4-5-9-2-3-10-5/h2-3H,4,7H2,1H3,(H,9,10)(H2,8,11,12). The van der Waals surface area contributed by atoms with Crippen molar-refractivity contribution in [3.8, 4) is 0 Å². The molecule has 0 atom stereocenters. The van der Waals surface area contributed by atoms with Crippen LogP contribution in [0.4, 0.5) is 0 Å². The number of hydrogen-bond acceptors (Lipinski definition) is 3. The zero-order chi connectivity index (χ0) is 8.81. The van der Waals surface area contributed by atoms with Gasteiger partial charge in [0.25, 0.3) is 0 Å². The summed E-state index contributed by atoms with van der Waals surface area (Å²) in [5.74, 6) is 6.52. The van der Waals surface area contributed by atoms with E-state index < -0.39 is 0 Å². The van der Waals surface area contributed by atoms with Gasteiger partial charge in [0.05, 0.1) is 6.54 Å². The molecule has 0 spiro atoms. The normalized spacial score (nSPS) is 11.3. The van der Waals surface area contributed by atoms with Crippen molar-refractivity contribution in [2.24, 2.45) is 10.8 Å². The van der Waals surface area contributed by atoms with Gasteiger partial charge < -0.3 is 10.3 Å². The molecule has 0 saturated heterocycles. The average Bonchev–Trinajstić information content (AvgIpc) is 2.59. The Morgan fingerprint density at radius 1 is 1.83 bits per heavy atom. The molecule has 0 aliphatic carbocycles. The number of guanidine groups is 1. The number of aromatic nitrogens is 2. The zero-order valence-corrected chi connectivity index (χ0v) is 6.83. The van der Waals surface area contributed by atoms with E-state index in [1.165, 1.54) is 0 Å². The van der Waals surface area contributed by atoms with Gasteiger partial charge in [-0.3, -0.25) is 10.4 Å². The Morgan fingerprint density at radius 3 is 3.17 bits per heavy atom. The number of hydrogen-bond donors (Lipinski definition) is 4. The molecular formula is C6H12N6. The lowest BCUT2D eigenvalue weighted by atomic mass is 10.6. The first-order valence-corrected chi connectivity index (χ1v) is 3.52. The molecule has 0 aromatic carbocycles. The molecule has 1 aromatic rings. The lowest BCUT2D eigenvalue weighted by Gasteiger charge is -2.05. The Labute approximate surface area is 70.3 Å². The van der Waals surface area contributed by atoms with E-state index in [2.05, 4.69) is 25.7 Å². The molecule has 1 heterocycles. The van der Waals surface area contributed by atoms with Gasteiger partial charge in [0.2, 0.25) is 5.96 Å². The second-order valence-electron chi connectivity index (χ2n) is 2.11. The maximum absolute atomic E-state index is 5.15. The first kappa shape index (κ1) is 8.54. The minimum absolute atomic E-state index is 0.534. The first-order valence-electron chi connectivity index (χ1n) is 3.52. The summed E-state index contributed by atoms with van der Waals surface area (Å²) in [4.78, 5) is 10.8. The van der Waals surface area contributed by atoms with E-state index in [0.29, 0.717) is 12.5 Å². The van der Waals surface area contributed by atoms with E-state index in [4.69, 9.17) is 5.84 Å².